The number of rotatable bonds is 5. The SMILES string of the molecule is CC(C)CC(=O)NCC(=O)N1CCN(c2ncccn2)CC1. The van der Waals surface area contributed by atoms with Crippen molar-refractivity contribution in [2.75, 3.05) is 37.6 Å². The molecule has 0 aromatic carbocycles. The zero-order valence-corrected chi connectivity index (χ0v) is 13.2. The maximum Gasteiger partial charge on any atom is 0.242 e. The lowest BCUT2D eigenvalue weighted by Gasteiger charge is -2.34. The summed E-state index contributed by atoms with van der Waals surface area (Å²) in [5, 5.41) is 2.69. The van der Waals surface area contributed by atoms with E-state index in [0.717, 1.165) is 0 Å². The minimum atomic E-state index is -0.0697. The molecule has 0 aliphatic carbocycles. The van der Waals surface area contributed by atoms with Gasteiger partial charge in [-0.15, -0.1) is 0 Å². The lowest BCUT2D eigenvalue weighted by Crippen LogP contribution is -2.51. The van der Waals surface area contributed by atoms with Crippen LogP contribution < -0.4 is 10.2 Å². The second-order valence-electron chi connectivity index (χ2n) is 5.79. The van der Waals surface area contributed by atoms with Gasteiger partial charge >= 0.3 is 0 Å². The van der Waals surface area contributed by atoms with Gasteiger partial charge in [-0.05, 0) is 12.0 Å². The summed E-state index contributed by atoms with van der Waals surface area (Å²) in [5.41, 5.74) is 0. The summed E-state index contributed by atoms with van der Waals surface area (Å²) in [7, 11) is 0. The largest absolute Gasteiger partial charge is 0.347 e. The molecular formula is C15H23N5O2. The fourth-order valence-electron chi connectivity index (χ4n) is 2.34. The molecule has 1 aliphatic heterocycles. The fraction of sp³-hybridized carbons (Fsp3) is 0.600. The average molecular weight is 305 g/mol. The van der Waals surface area contributed by atoms with Crippen LogP contribution in [0.2, 0.25) is 0 Å². The van der Waals surface area contributed by atoms with E-state index in [0.29, 0.717) is 44.5 Å². The summed E-state index contributed by atoms with van der Waals surface area (Å²) in [6.45, 7) is 6.69. The molecule has 2 amide bonds. The molecule has 1 N–H and O–H groups in total. The third-order valence-electron chi connectivity index (χ3n) is 3.50. The first-order valence-electron chi connectivity index (χ1n) is 7.62. The van der Waals surface area contributed by atoms with E-state index in [-0.39, 0.29) is 18.4 Å². The van der Waals surface area contributed by atoms with Crippen LogP contribution in [-0.2, 0) is 9.59 Å². The number of hydrogen-bond donors (Lipinski definition) is 1. The summed E-state index contributed by atoms with van der Waals surface area (Å²) in [5.74, 6) is 0.884. The van der Waals surface area contributed by atoms with E-state index in [1.165, 1.54) is 0 Å². The first kappa shape index (κ1) is 16.2. The molecule has 1 aliphatic rings. The third kappa shape index (κ3) is 4.68. The van der Waals surface area contributed by atoms with Crippen LogP contribution in [-0.4, -0.2) is 59.4 Å². The number of amides is 2. The molecule has 120 valence electrons. The number of aromatic nitrogens is 2. The van der Waals surface area contributed by atoms with Crippen LogP contribution in [0.15, 0.2) is 18.5 Å². The quantitative estimate of drug-likeness (QED) is 0.846. The van der Waals surface area contributed by atoms with Gasteiger partial charge in [0.05, 0.1) is 6.54 Å². The molecule has 7 heteroatoms. The lowest BCUT2D eigenvalue weighted by atomic mass is 10.1. The van der Waals surface area contributed by atoms with Crippen molar-refractivity contribution >= 4 is 17.8 Å². The Morgan fingerprint density at radius 1 is 1.18 bits per heavy atom. The fourth-order valence-corrected chi connectivity index (χ4v) is 2.34. The first-order chi connectivity index (χ1) is 10.6. The van der Waals surface area contributed by atoms with Gasteiger partial charge in [-0.1, -0.05) is 13.8 Å². The van der Waals surface area contributed by atoms with Crippen molar-refractivity contribution in [1.82, 2.24) is 20.2 Å². The average Bonchev–Trinajstić information content (AvgIpc) is 2.53. The number of nitrogens with one attached hydrogen (secondary N) is 1. The second-order valence-corrected chi connectivity index (χ2v) is 5.79. The first-order valence-corrected chi connectivity index (χ1v) is 7.62. The predicted octanol–water partition coefficient (Wildman–Crippen LogP) is 0.288. The third-order valence-corrected chi connectivity index (χ3v) is 3.50. The molecule has 0 saturated carbocycles. The van der Waals surface area contributed by atoms with Crippen LogP contribution in [0.4, 0.5) is 5.95 Å². The summed E-state index contributed by atoms with van der Waals surface area (Å²) in [4.78, 5) is 35.9. The Morgan fingerprint density at radius 3 is 2.41 bits per heavy atom. The highest BCUT2D eigenvalue weighted by Crippen LogP contribution is 2.09. The molecule has 1 aromatic rings. The van der Waals surface area contributed by atoms with Gasteiger partial charge in [0, 0.05) is 45.0 Å². The normalized spacial score (nSPS) is 15.0. The minimum Gasteiger partial charge on any atom is -0.347 e. The number of carbonyl (C=O) groups excluding carboxylic acids is 2. The topological polar surface area (TPSA) is 78.4 Å². The van der Waals surface area contributed by atoms with Crippen LogP contribution in [0.1, 0.15) is 20.3 Å². The van der Waals surface area contributed by atoms with E-state index in [9.17, 15) is 9.59 Å². The molecule has 0 spiro atoms. The Kier molecular flexibility index (Phi) is 5.68. The van der Waals surface area contributed by atoms with Crippen LogP contribution >= 0.6 is 0 Å². The Balaban J connectivity index is 1.74. The van der Waals surface area contributed by atoms with Crippen LogP contribution in [0.25, 0.3) is 0 Å². The van der Waals surface area contributed by atoms with Gasteiger partial charge < -0.3 is 15.1 Å². The Morgan fingerprint density at radius 2 is 1.82 bits per heavy atom. The van der Waals surface area contributed by atoms with E-state index >= 15 is 0 Å². The van der Waals surface area contributed by atoms with Crippen molar-refractivity contribution < 1.29 is 9.59 Å². The molecule has 1 aromatic heterocycles. The molecule has 7 nitrogen and oxygen atoms in total. The van der Waals surface area contributed by atoms with E-state index < -0.39 is 0 Å². The highest BCUT2D eigenvalue weighted by Gasteiger charge is 2.22. The number of hydrogen-bond acceptors (Lipinski definition) is 5. The molecule has 0 radical (unpaired) electrons. The van der Waals surface area contributed by atoms with Gasteiger partial charge in [0.15, 0.2) is 0 Å². The minimum absolute atomic E-state index is 0.0364. The summed E-state index contributed by atoms with van der Waals surface area (Å²) >= 11 is 0. The van der Waals surface area contributed by atoms with Gasteiger partial charge in [0.2, 0.25) is 17.8 Å². The molecule has 2 heterocycles. The van der Waals surface area contributed by atoms with Crippen molar-refractivity contribution in [1.29, 1.82) is 0 Å². The number of nitrogens with zero attached hydrogens (tertiary/aromatic N) is 4. The molecule has 1 saturated heterocycles. The van der Waals surface area contributed by atoms with Crippen molar-refractivity contribution in [3.05, 3.63) is 18.5 Å². The Bertz CT molecular complexity index is 498. The second kappa shape index (κ2) is 7.72. The molecule has 1 fully saturated rings. The predicted molar refractivity (Wildman–Crippen MR) is 83.3 cm³/mol. The molecule has 0 atom stereocenters. The van der Waals surface area contributed by atoms with Crippen molar-refractivity contribution in [2.24, 2.45) is 5.92 Å². The maximum atomic E-state index is 12.1. The highest BCUT2D eigenvalue weighted by atomic mass is 16.2. The highest BCUT2D eigenvalue weighted by molar-refractivity contribution is 5.84. The van der Waals surface area contributed by atoms with Crippen LogP contribution in [0.3, 0.4) is 0 Å². The van der Waals surface area contributed by atoms with Crippen LogP contribution in [0, 0.1) is 5.92 Å². The van der Waals surface area contributed by atoms with Gasteiger partial charge in [-0.3, -0.25) is 9.59 Å². The number of piperazine rings is 1. The molecular weight excluding hydrogens is 282 g/mol. The number of anilines is 1. The van der Waals surface area contributed by atoms with E-state index in [2.05, 4.69) is 20.2 Å². The maximum absolute atomic E-state index is 12.1. The zero-order chi connectivity index (χ0) is 15.9. The van der Waals surface area contributed by atoms with E-state index in [1.54, 1.807) is 23.4 Å². The monoisotopic (exact) mass is 305 g/mol. The standard InChI is InChI=1S/C15H23N5O2/c1-12(2)10-13(21)18-11-14(22)19-6-8-20(9-7-19)15-16-4-3-5-17-15/h3-5,12H,6-11H2,1-2H3,(H,18,21). The zero-order valence-electron chi connectivity index (χ0n) is 13.2. The van der Waals surface area contributed by atoms with Gasteiger partial charge in [-0.25, -0.2) is 9.97 Å². The van der Waals surface area contributed by atoms with Crippen molar-refractivity contribution in [3.8, 4) is 0 Å². The van der Waals surface area contributed by atoms with E-state index in [1.807, 2.05) is 13.8 Å². The van der Waals surface area contributed by atoms with Crippen LogP contribution in [0.5, 0.6) is 0 Å². The molecule has 22 heavy (non-hydrogen) atoms. The van der Waals surface area contributed by atoms with Crippen molar-refractivity contribution in [3.63, 3.8) is 0 Å². The van der Waals surface area contributed by atoms with Gasteiger partial charge in [-0.2, -0.15) is 0 Å². The van der Waals surface area contributed by atoms with Gasteiger partial charge in [0.1, 0.15) is 0 Å². The molecule has 2 rings (SSSR count). The Labute approximate surface area is 130 Å². The van der Waals surface area contributed by atoms with E-state index in [4.69, 9.17) is 0 Å². The summed E-state index contributed by atoms with van der Waals surface area (Å²) < 4.78 is 0. The Hall–Kier alpha value is -2.18. The van der Waals surface area contributed by atoms with Gasteiger partial charge in [0.25, 0.3) is 0 Å². The summed E-state index contributed by atoms with van der Waals surface area (Å²) in [6.07, 6.45) is 3.88. The smallest absolute Gasteiger partial charge is 0.242 e. The molecule has 0 bridgehead atoms. The number of carbonyl (C=O) groups is 2. The lowest BCUT2D eigenvalue weighted by molar-refractivity contribution is -0.133. The summed E-state index contributed by atoms with van der Waals surface area (Å²) in [6, 6.07) is 1.78. The van der Waals surface area contributed by atoms with Crippen molar-refractivity contribution in [2.45, 2.75) is 20.3 Å². The molecule has 0 unspecified atom stereocenters.